The highest BCUT2D eigenvalue weighted by molar-refractivity contribution is 5.18. The number of pyridine rings is 1. The van der Waals surface area contributed by atoms with E-state index in [4.69, 9.17) is 5.73 Å². The predicted octanol–water partition coefficient (Wildman–Crippen LogP) is 1.57. The van der Waals surface area contributed by atoms with Gasteiger partial charge in [0.15, 0.2) is 0 Å². The molecule has 2 N–H and O–H groups in total. The van der Waals surface area contributed by atoms with Crippen LogP contribution >= 0.6 is 0 Å². The number of rotatable bonds is 3. The zero-order chi connectivity index (χ0) is 10.7. The first kappa shape index (κ1) is 10.6. The molecule has 0 aliphatic carbocycles. The maximum atomic E-state index is 6.16. The van der Waals surface area contributed by atoms with E-state index in [9.17, 15) is 0 Å². The van der Waals surface area contributed by atoms with Gasteiger partial charge in [0.25, 0.3) is 0 Å². The van der Waals surface area contributed by atoms with E-state index < -0.39 is 0 Å². The SMILES string of the molecule is CCCN1CCC(N)C1c1cccnc1. The maximum Gasteiger partial charge on any atom is 0.0514 e. The van der Waals surface area contributed by atoms with Gasteiger partial charge in [0.05, 0.1) is 6.04 Å². The van der Waals surface area contributed by atoms with Gasteiger partial charge in [-0.3, -0.25) is 9.88 Å². The number of likely N-dealkylation sites (tertiary alicyclic amines) is 1. The van der Waals surface area contributed by atoms with Gasteiger partial charge in [-0.2, -0.15) is 0 Å². The molecule has 2 atom stereocenters. The normalized spacial score (nSPS) is 27.1. The van der Waals surface area contributed by atoms with Gasteiger partial charge in [0, 0.05) is 25.0 Å². The molecule has 3 nitrogen and oxygen atoms in total. The van der Waals surface area contributed by atoms with Crippen LogP contribution in [-0.2, 0) is 0 Å². The van der Waals surface area contributed by atoms with Crippen molar-refractivity contribution >= 4 is 0 Å². The Morgan fingerprint density at radius 1 is 1.60 bits per heavy atom. The van der Waals surface area contributed by atoms with E-state index >= 15 is 0 Å². The highest BCUT2D eigenvalue weighted by Gasteiger charge is 2.32. The summed E-state index contributed by atoms with van der Waals surface area (Å²) in [6.45, 7) is 4.46. The van der Waals surface area contributed by atoms with Crippen molar-refractivity contribution in [2.75, 3.05) is 13.1 Å². The molecule has 0 bridgehead atoms. The molecule has 1 aliphatic heterocycles. The largest absolute Gasteiger partial charge is 0.326 e. The Morgan fingerprint density at radius 2 is 2.47 bits per heavy atom. The fourth-order valence-corrected chi connectivity index (χ4v) is 2.43. The van der Waals surface area contributed by atoms with Crippen LogP contribution in [0.3, 0.4) is 0 Å². The topological polar surface area (TPSA) is 42.1 Å². The van der Waals surface area contributed by atoms with E-state index in [1.807, 2.05) is 18.5 Å². The highest BCUT2D eigenvalue weighted by Crippen LogP contribution is 2.30. The molecule has 0 saturated carbocycles. The summed E-state index contributed by atoms with van der Waals surface area (Å²) < 4.78 is 0. The minimum atomic E-state index is 0.265. The van der Waals surface area contributed by atoms with Crippen LogP contribution in [-0.4, -0.2) is 29.0 Å². The molecule has 2 rings (SSSR count). The molecule has 0 aromatic carbocycles. The highest BCUT2D eigenvalue weighted by atomic mass is 15.2. The molecule has 1 aromatic heterocycles. The third-order valence-electron chi connectivity index (χ3n) is 3.09. The van der Waals surface area contributed by atoms with Gasteiger partial charge in [-0.05, 0) is 31.0 Å². The second-order valence-electron chi connectivity index (χ2n) is 4.22. The van der Waals surface area contributed by atoms with Gasteiger partial charge in [0.2, 0.25) is 0 Å². The van der Waals surface area contributed by atoms with Crippen LogP contribution in [0, 0.1) is 0 Å². The minimum Gasteiger partial charge on any atom is -0.326 e. The van der Waals surface area contributed by atoms with Gasteiger partial charge >= 0.3 is 0 Å². The van der Waals surface area contributed by atoms with Crippen LogP contribution in [0.1, 0.15) is 31.4 Å². The summed E-state index contributed by atoms with van der Waals surface area (Å²) in [5, 5.41) is 0. The van der Waals surface area contributed by atoms with Crippen molar-refractivity contribution in [1.29, 1.82) is 0 Å². The van der Waals surface area contributed by atoms with Crippen molar-refractivity contribution in [3.05, 3.63) is 30.1 Å². The molecule has 3 heteroatoms. The zero-order valence-corrected chi connectivity index (χ0v) is 9.26. The van der Waals surface area contributed by atoms with Crippen LogP contribution in [0.5, 0.6) is 0 Å². The van der Waals surface area contributed by atoms with Crippen LogP contribution < -0.4 is 5.73 Å². The van der Waals surface area contributed by atoms with Gasteiger partial charge in [0.1, 0.15) is 0 Å². The second kappa shape index (κ2) is 4.73. The molecule has 2 unspecified atom stereocenters. The van der Waals surface area contributed by atoms with Gasteiger partial charge < -0.3 is 5.73 Å². The van der Waals surface area contributed by atoms with Gasteiger partial charge in [-0.15, -0.1) is 0 Å². The Morgan fingerprint density at radius 3 is 3.13 bits per heavy atom. The monoisotopic (exact) mass is 205 g/mol. The average Bonchev–Trinajstić information content (AvgIpc) is 2.62. The quantitative estimate of drug-likeness (QED) is 0.814. The van der Waals surface area contributed by atoms with E-state index in [0.29, 0.717) is 6.04 Å². The number of aromatic nitrogens is 1. The Hall–Kier alpha value is -0.930. The van der Waals surface area contributed by atoms with Crippen LogP contribution in [0.25, 0.3) is 0 Å². The van der Waals surface area contributed by atoms with E-state index in [0.717, 1.165) is 19.5 Å². The molecule has 0 amide bonds. The molecule has 0 spiro atoms. The predicted molar refractivity (Wildman–Crippen MR) is 61.4 cm³/mol. The first-order chi connectivity index (χ1) is 7.33. The summed E-state index contributed by atoms with van der Waals surface area (Å²) in [6.07, 6.45) is 6.04. The molecular weight excluding hydrogens is 186 g/mol. The zero-order valence-electron chi connectivity index (χ0n) is 9.26. The second-order valence-corrected chi connectivity index (χ2v) is 4.22. The molecule has 2 heterocycles. The summed E-state index contributed by atoms with van der Waals surface area (Å²) >= 11 is 0. The molecule has 15 heavy (non-hydrogen) atoms. The maximum absolute atomic E-state index is 6.16. The molecule has 1 aromatic rings. The van der Waals surface area contributed by atoms with E-state index in [2.05, 4.69) is 22.9 Å². The number of hydrogen-bond donors (Lipinski definition) is 1. The fourth-order valence-electron chi connectivity index (χ4n) is 2.43. The molecule has 82 valence electrons. The van der Waals surface area contributed by atoms with E-state index in [-0.39, 0.29) is 6.04 Å². The summed E-state index contributed by atoms with van der Waals surface area (Å²) in [7, 11) is 0. The summed E-state index contributed by atoms with van der Waals surface area (Å²) in [6, 6.07) is 4.76. The fraction of sp³-hybridized carbons (Fsp3) is 0.583. The third kappa shape index (κ3) is 2.19. The van der Waals surface area contributed by atoms with Crippen molar-refractivity contribution in [2.45, 2.75) is 31.8 Å². The van der Waals surface area contributed by atoms with E-state index in [1.54, 1.807) is 0 Å². The molecular formula is C12H19N3. The molecule has 1 fully saturated rings. The molecule has 0 radical (unpaired) electrons. The van der Waals surface area contributed by atoms with Crippen molar-refractivity contribution in [3.63, 3.8) is 0 Å². The Balaban J connectivity index is 2.17. The number of nitrogens with zero attached hydrogens (tertiary/aromatic N) is 2. The Bertz CT molecular complexity index is 297. The summed E-state index contributed by atoms with van der Waals surface area (Å²) in [4.78, 5) is 6.65. The van der Waals surface area contributed by atoms with Crippen molar-refractivity contribution in [3.8, 4) is 0 Å². The Kier molecular flexibility index (Phi) is 3.34. The van der Waals surface area contributed by atoms with Crippen LogP contribution in [0.2, 0.25) is 0 Å². The standard InChI is InChI=1S/C12H19N3/c1-2-7-15-8-5-11(13)12(15)10-4-3-6-14-9-10/h3-4,6,9,11-12H,2,5,7-8,13H2,1H3. The first-order valence-corrected chi connectivity index (χ1v) is 5.72. The molecule has 1 saturated heterocycles. The lowest BCUT2D eigenvalue weighted by atomic mass is 10.0. The van der Waals surface area contributed by atoms with Crippen LogP contribution in [0.4, 0.5) is 0 Å². The van der Waals surface area contributed by atoms with Crippen LogP contribution in [0.15, 0.2) is 24.5 Å². The lowest BCUT2D eigenvalue weighted by Gasteiger charge is -2.26. The third-order valence-corrected chi connectivity index (χ3v) is 3.09. The van der Waals surface area contributed by atoms with Crippen molar-refractivity contribution in [1.82, 2.24) is 9.88 Å². The number of hydrogen-bond acceptors (Lipinski definition) is 3. The first-order valence-electron chi connectivity index (χ1n) is 5.72. The number of nitrogens with two attached hydrogens (primary N) is 1. The minimum absolute atomic E-state index is 0.265. The van der Waals surface area contributed by atoms with Crippen molar-refractivity contribution < 1.29 is 0 Å². The van der Waals surface area contributed by atoms with Gasteiger partial charge in [-0.1, -0.05) is 13.0 Å². The van der Waals surface area contributed by atoms with Crippen molar-refractivity contribution in [2.24, 2.45) is 5.73 Å². The summed E-state index contributed by atoms with van der Waals surface area (Å²) in [5.74, 6) is 0. The Labute approximate surface area is 91.3 Å². The lowest BCUT2D eigenvalue weighted by Crippen LogP contribution is -2.32. The summed E-state index contributed by atoms with van der Waals surface area (Å²) in [5.41, 5.74) is 7.42. The van der Waals surface area contributed by atoms with Gasteiger partial charge in [-0.25, -0.2) is 0 Å². The lowest BCUT2D eigenvalue weighted by molar-refractivity contribution is 0.248. The van der Waals surface area contributed by atoms with E-state index in [1.165, 1.54) is 12.0 Å². The average molecular weight is 205 g/mol. The smallest absolute Gasteiger partial charge is 0.0514 e. The molecule has 1 aliphatic rings.